The molecule has 1 atom stereocenters. The minimum absolute atomic E-state index is 0.0492. The Kier molecular flexibility index (Phi) is 4.44. The lowest BCUT2D eigenvalue weighted by Crippen LogP contribution is -2.43. The first-order chi connectivity index (χ1) is 12.9. The van der Waals surface area contributed by atoms with Gasteiger partial charge in [-0.1, -0.05) is 0 Å². The van der Waals surface area contributed by atoms with Crippen LogP contribution in [0, 0.1) is 11.3 Å². The molecule has 8 heteroatoms. The van der Waals surface area contributed by atoms with Crippen molar-refractivity contribution in [2.45, 2.75) is 38.1 Å². The SMILES string of the molecule is CN(C)c1cc(N2CCC3(CC2)C[C@@H](C(=O)O)N(C(=O)C2CC2)C3)ncn1. The molecule has 1 spiro atoms. The number of hydrogen-bond acceptors (Lipinski definition) is 6. The number of carboxylic acids is 1. The molecule has 4 rings (SSSR count). The van der Waals surface area contributed by atoms with Crippen LogP contribution in [0.15, 0.2) is 12.4 Å². The smallest absolute Gasteiger partial charge is 0.326 e. The Morgan fingerprint density at radius 1 is 1.22 bits per heavy atom. The van der Waals surface area contributed by atoms with E-state index < -0.39 is 12.0 Å². The number of amides is 1. The molecule has 146 valence electrons. The Bertz CT molecular complexity index is 741. The zero-order valence-corrected chi connectivity index (χ0v) is 16.0. The molecule has 3 fully saturated rings. The molecular formula is C19H27N5O3. The van der Waals surface area contributed by atoms with Crippen LogP contribution in [0.1, 0.15) is 32.1 Å². The molecule has 0 bridgehead atoms. The van der Waals surface area contributed by atoms with Gasteiger partial charge in [0.2, 0.25) is 5.91 Å². The van der Waals surface area contributed by atoms with Crippen molar-refractivity contribution in [2.24, 2.45) is 11.3 Å². The summed E-state index contributed by atoms with van der Waals surface area (Å²) in [6.07, 6.45) is 5.73. The normalized spacial score (nSPS) is 24.3. The number of carboxylic acid groups (broad SMARTS) is 1. The maximum Gasteiger partial charge on any atom is 0.326 e. The lowest BCUT2D eigenvalue weighted by atomic mass is 9.76. The lowest BCUT2D eigenvalue weighted by molar-refractivity contribution is -0.148. The first kappa shape index (κ1) is 18.0. The highest BCUT2D eigenvalue weighted by Gasteiger charge is 2.51. The van der Waals surface area contributed by atoms with Gasteiger partial charge in [-0.15, -0.1) is 0 Å². The second-order valence-electron chi connectivity index (χ2n) is 8.41. The molecule has 8 nitrogen and oxygen atoms in total. The fourth-order valence-corrected chi connectivity index (χ4v) is 4.40. The molecule has 1 N–H and O–H groups in total. The van der Waals surface area contributed by atoms with Crippen LogP contribution in [0.25, 0.3) is 0 Å². The fraction of sp³-hybridized carbons (Fsp3) is 0.684. The third-order valence-corrected chi connectivity index (χ3v) is 6.25. The number of hydrogen-bond donors (Lipinski definition) is 1. The Morgan fingerprint density at radius 2 is 1.93 bits per heavy atom. The summed E-state index contributed by atoms with van der Waals surface area (Å²) in [5, 5.41) is 9.64. The van der Waals surface area contributed by atoms with E-state index in [1.54, 1.807) is 11.2 Å². The Morgan fingerprint density at radius 3 is 2.52 bits per heavy atom. The Balaban J connectivity index is 1.45. The van der Waals surface area contributed by atoms with Crippen LogP contribution in [-0.2, 0) is 9.59 Å². The second kappa shape index (κ2) is 6.65. The first-order valence-corrected chi connectivity index (χ1v) is 9.66. The van der Waals surface area contributed by atoms with Gasteiger partial charge in [0.15, 0.2) is 0 Å². The van der Waals surface area contributed by atoms with E-state index >= 15 is 0 Å². The van der Waals surface area contributed by atoms with E-state index in [-0.39, 0.29) is 17.2 Å². The van der Waals surface area contributed by atoms with Crippen LogP contribution >= 0.6 is 0 Å². The summed E-state index contributed by atoms with van der Waals surface area (Å²) in [5.41, 5.74) is -0.0818. The predicted octanol–water partition coefficient (Wildman–Crippen LogP) is 1.22. The fourth-order valence-electron chi connectivity index (χ4n) is 4.40. The summed E-state index contributed by atoms with van der Waals surface area (Å²) in [5.74, 6) is 1.02. The van der Waals surface area contributed by atoms with E-state index in [0.29, 0.717) is 13.0 Å². The van der Waals surface area contributed by atoms with E-state index in [1.807, 2.05) is 25.1 Å². The molecule has 1 aromatic rings. The molecule has 0 aromatic carbocycles. The van der Waals surface area contributed by atoms with Crippen molar-refractivity contribution in [1.29, 1.82) is 0 Å². The van der Waals surface area contributed by atoms with E-state index in [9.17, 15) is 14.7 Å². The zero-order chi connectivity index (χ0) is 19.2. The summed E-state index contributed by atoms with van der Waals surface area (Å²) < 4.78 is 0. The third-order valence-electron chi connectivity index (χ3n) is 6.25. The minimum atomic E-state index is -0.866. The molecule has 3 heterocycles. The molecule has 0 radical (unpaired) electrons. The van der Waals surface area contributed by atoms with Crippen molar-refractivity contribution in [3.63, 3.8) is 0 Å². The van der Waals surface area contributed by atoms with Crippen molar-refractivity contribution in [2.75, 3.05) is 43.5 Å². The number of aliphatic carboxylic acids is 1. The number of carbonyl (C=O) groups is 2. The molecule has 1 aromatic heterocycles. The van der Waals surface area contributed by atoms with Crippen LogP contribution in [0.5, 0.6) is 0 Å². The van der Waals surface area contributed by atoms with E-state index in [4.69, 9.17) is 0 Å². The maximum absolute atomic E-state index is 12.6. The summed E-state index contributed by atoms with van der Waals surface area (Å²) >= 11 is 0. The Labute approximate surface area is 159 Å². The molecule has 27 heavy (non-hydrogen) atoms. The monoisotopic (exact) mass is 373 g/mol. The lowest BCUT2D eigenvalue weighted by Gasteiger charge is -2.39. The van der Waals surface area contributed by atoms with Gasteiger partial charge in [0, 0.05) is 45.7 Å². The van der Waals surface area contributed by atoms with Gasteiger partial charge in [0.1, 0.15) is 24.0 Å². The third kappa shape index (κ3) is 3.44. The number of rotatable bonds is 4. The highest BCUT2D eigenvalue weighted by atomic mass is 16.4. The number of likely N-dealkylation sites (tertiary alicyclic amines) is 1. The molecule has 2 aliphatic heterocycles. The second-order valence-corrected chi connectivity index (χ2v) is 8.41. The largest absolute Gasteiger partial charge is 0.480 e. The van der Waals surface area contributed by atoms with E-state index in [2.05, 4.69) is 14.9 Å². The number of carbonyl (C=O) groups excluding carboxylic acids is 1. The minimum Gasteiger partial charge on any atom is -0.480 e. The summed E-state index contributed by atoms with van der Waals surface area (Å²) in [7, 11) is 3.90. The number of piperidine rings is 1. The topological polar surface area (TPSA) is 89.9 Å². The van der Waals surface area contributed by atoms with E-state index in [1.165, 1.54) is 0 Å². The number of aromatic nitrogens is 2. The molecule has 3 aliphatic rings. The summed E-state index contributed by atoms with van der Waals surface area (Å²) in [4.78, 5) is 38.8. The predicted molar refractivity (Wildman–Crippen MR) is 101 cm³/mol. The first-order valence-electron chi connectivity index (χ1n) is 9.66. The molecule has 1 amide bonds. The van der Waals surface area contributed by atoms with Gasteiger partial charge in [-0.05, 0) is 37.5 Å². The summed E-state index contributed by atoms with van der Waals surface area (Å²) in [6.45, 7) is 2.23. The quantitative estimate of drug-likeness (QED) is 0.849. The van der Waals surface area contributed by atoms with Crippen LogP contribution in [-0.4, -0.2) is 71.6 Å². The highest BCUT2D eigenvalue weighted by molar-refractivity contribution is 5.87. The van der Waals surface area contributed by atoms with Crippen molar-refractivity contribution in [3.05, 3.63) is 12.4 Å². The van der Waals surface area contributed by atoms with Gasteiger partial charge < -0.3 is 19.8 Å². The molecule has 0 unspecified atom stereocenters. The molecule has 1 aliphatic carbocycles. The van der Waals surface area contributed by atoms with Crippen LogP contribution < -0.4 is 9.80 Å². The van der Waals surface area contributed by atoms with Crippen LogP contribution in [0.2, 0.25) is 0 Å². The standard InChI is InChI=1S/C19H27N5O3/c1-22(2)15-9-16(21-12-20-15)23-7-5-19(6-8-23)10-14(18(26)27)24(11-19)17(25)13-3-4-13/h9,12-14H,3-8,10-11H2,1-2H3,(H,26,27)/t14-/m0/s1. The van der Waals surface area contributed by atoms with Gasteiger partial charge >= 0.3 is 5.97 Å². The van der Waals surface area contributed by atoms with Crippen LogP contribution in [0.3, 0.4) is 0 Å². The van der Waals surface area contributed by atoms with Gasteiger partial charge in [0.05, 0.1) is 0 Å². The Hall–Kier alpha value is -2.38. The maximum atomic E-state index is 12.6. The van der Waals surface area contributed by atoms with Crippen LogP contribution in [0.4, 0.5) is 11.6 Å². The van der Waals surface area contributed by atoms with E-state index in [0.717, 1.165) is 50.4 Å². The van der Waals surface area contributed by atoms with Gasteiger partial charge in [0.25, 0.3) is 0 Å². The van der Waals surface area contributed by atoms with Crippen molar-refractivity contribution >= 4 is 23.5 Å². The summed E-state index contributed by atoms with van der Waals surface area (Å²) in [6, 6.07) is 1.32. The van der Waals surface area contributed by atoms with Crippen molar-refractivity contribution < 1.29 is 14.7 Å². The average Bonchev–Trinajstić information content (AvgIpc) is 3.44. The highest BCUT2D eigenvalue weighted by Crippen LogP contribution is 2.46. The number of nitrogens with zero attached hydrogens (tertiary/aromatic N) is 5. The molecule has 2 saturated heterocycles. The number of anilines is 2. The average molecular weight is 373 g/mol. The van der Waals surface area contributed by atoms with Crippen molar-refractivity contribution in [3.8, 4) is 0 Å². The van der Waals surface area contributed by atoms with Gasteiger partial charge in [-0.3, -0.25) is 4.79 Å². The van der Waals surface area contributed by atoms with Gasteiger partial charge in [-0.2, -0.15) is 0 Å². The molecular weight excluding hydrogens is 346 g/mol. The van der Waals surface area contributed by atoms with Crippen molar-refractivity contribution in [1.82, 2.24) is 14.9 Å². The molecule has 1 saturated carbocycles. The van der Waals surface area contributed by atoms with Gasteiger partial charge in [-0.25, -0.2) is 14.8 Å². The zero-order valence-electron chi connectivity index (χ0n) is 16.0.